The Bertz CT molecular complexity index is 1680. The summed E-state index contributed by atoms with van der Waals surface area (Å²) in [6, 6.07) is 8.69. The summed E-state index contributed by atoms with van der Waals surface area (Å²) >= 11 is 0. The Morgan fingerprint density at radius 2 is 1.47 bits per heavy atom. The molecule has 1 aliphatic rings. The smallest absolute Gasteiger partial charge is 0.270 e. The number of nitrogens with zero attached hydrogens (tertiary/aromatic N) is 4. The topological polar surface area (TPSA) is 156 Å². The Morgan fingerprint density at radius 1 is 0.868 bits per heavy atom. The van der Waals surface area contributed by atoms with Crippen molar-refractivity contribution in [1.29, 1.82) is 0 Å². The molecule has 12 nitrogen and oxygen atoms in total. The normalized spacial score (nSPS) is 13.8. The first kappa shape index (κ1) is 24.8. The first-order valence-electron chi connectivity index (χ1n) is 12.1. The first-order valence-corrected chi connectivity index (χ1v) is 12.1. The van der Waals surface area contributed by atoms with Crippen molar-refractivity contribution in [3.8, 4) is 0 Å². The second-order valence-electron chi connectivity index (χ2n) is 8.94. The molecule has 0 aliphatic carbocycles. The number of hydrogen-bond donors (Lipinski definition) is 2. The molecule has 12 heteroatoms. The monoisotopic (exact) mass is 516 g/mol. The van der Waals surface area contributed by atoms with Gasteiger partial charge in [0.15, 0.2) is 0 Å². The summed E-state index contributed by atoms with van der Waals surface area (Å²) in [4.78, 5) is 53.4. The van der Waals surface area contributed by atoms with Crippen LogP contribution in [0.1, 0.15) is 25.0 Å². The zero-order valence-corrected chi connectivity index (χ0v) is 20.7. The fourth-order valence-electron chi connectivity index (χ4n) is 4.97. The highest BCUT2D eigenvalue weighted by atomic mass is 16.6. The number of likely N-dealkylation sites (N-methyl/N-ethyl adjacent to an activating group) is 1. The number of hydrogen-bond acceptors (Lipinski definition) is 7. The van der Waals surface area contributed by atoms with Crippen molar-refractivity contribution < 1.29 is 19.4 Å². The van der Waals surface area contributed by atoms with E-state index in [1.807, 2.05) is 4.57 Å². The quantitative estimate of drug-likeness (QED) is 0.194. The van der Waals surface area contributed by atoms with Gasteiger partial charge in [-0.2, -0.15) is 0 Å². The number of nitro benzene ring substituents is 2. The molecule has 38 heavy (non-hydrogen) atoms. The molecule has 2 N–H and O–H groups in total. The van der Waals surface area contributed by atoms with Crippen LogP contribution in [0.2, 0.25) is 0 Å². The Morgan fingerprint density at radius 3 is 2.11 bits per heavy atom. The van der Waals surface area contributed by atoms with Gasteiger partial charge in [0.05, 0.1) is 21.0 Å². The predicted octanol–water partition coefficient (Wildman–Crippen LogP) is 3.85. The number of non-ortho nitro benzene ring substituents is 2. The molecular formula is C26H24N6O6. The standard InChI is InChI=1S/C26H24N6O6/c1-3-29(4-2)9-10-30-14-20(18-12-16(32(37)38)6-8-22(18)30)24-23(25(33)28-26(24)34)19-13-27-21-7-5-15(31(35)36)11-17(19)21/h5-8,11-14,27H,3-4,9-10H2,1-2H3,(H,28,33,34). The summed E-state index contributed by atoms with van der Waals surface area (Å²) in [7, 11) is 0. The minimum absolute atomic E-state index is 0.0519. The molecule has 3 heterocycles. The van der Waals surface area contributed by atoms with Gasteiger partial charge in [-0.15, -0.1) is 0 Å². The lowest BCUT2D eigenvalue weighted by Crippen LogP contribution is -2.26. The highest BCUT2D eigenvalue weighted by Crippen LogP contribution is 2.39. The molecule has 4 aromatic rings. The van der Waals surface area contributed by atoms with Crippen LogP contribution in [-0.4, -0.2) is 55.7 Å². The summed E-state index contributed by atoms with van der Waals surface area (Å²) in [6.07, 6.45) is 3.27. The van der Waals surface area contributed by atoms with Crippen LogP contribution >= 0.6 is 0 Å². The van der Waals surface area contributed by atoms with Crippen molar-refractivity contribution in [3.63, 3.8) is 0 Å². The molecular weight excluding hydrogens is 492 g/mol. The molecule has 1 aliphatic heterocycles. The summed E-state index contributed by atoms with van der Waals surface area (Å²) in [5.74, 6) is -1.29. The Hall–Kier alpha value is -4.84. The van der Waals surface area contributed by atoms with Crippen LogP contribution in [-0.2, 0) is 16.1 Å². The van der Waals surface area contributed by atoms with E-state index in [1.54, 1.807) is 12.3 Å². The average molecular weight is 517 g/mol. The average Bonchev–Trinajstić information content (AvgIpc) is 3.56. The maximum absolute atomic E-state index is 13.2. The number of rotatable bonds is 9. The second-order valence-corrected chi connectivity index (χ2v) is 8.94. The van der Waals surface area contributed by atoms with Gasteiger partial charge >= 0.3 is 0 Å². The molecule has 0 radical (unpaired) electrons. The maximum Gasteiger partial charge on any atom is 0.270 e. The number of carbonyl (C=O) groups excluding carboxylic acids is 2. The van der Waals surface area contributed by atoms with E-state index >= 15 is 0 Å². The summed E-state index contributed by atoms with van der Waals surface area (Å²) < 4.78 is 1.92. The molecule has 0 bridgehead atoms. The van der Waals surface area contributed by atoms with Crippen LogP contribution in [0, 0.1) is 20.2 Å². The number of aromatic nitrogens is 2. The van der Waals surface area contributed by atoms with Crippen LogP contribution < -0.4 is 5.32 Å². The van der Waals surface area contributed by atoms with Crippen molar-refractivity contribution in [1.82, 2.24) is 19.8 Å². The van der Waals surface area contributed by atoms with Gasteiger partial charge in [0.2, 0.25) is 0 Å². The number of aromatic amines is 1. The summed E-state index contributed by atoms with van der Waals surface area (Å²) in [6.45, 7) is 7.11. The van der Waals surface area contributed by atoms with Crippen LogP contribution in [0.3, 0.4) is 0 Å². The van der Waals surface area contributed by atoms with Gasteiger partial charge in [-0.3, -0.25) is 35.1 Å². The molecule has 194 valence electrons. The summed E-state index contributed by atoms with van der Waals surface area (Å²) in [5.41, 5.74) is 1.76. The molecule has 0 unspecified atom stereocenters. The second kappa shape index (κ2) is 9.56. The number of carbonyl (C=O) groups is 2. The van der Waals surface area contributed by atoms with E-state index in [1.165, 1.54) is 36.5 Å². The predicted molar refractivity (Wildman–Crippen MR) is 141 cm³/mol. The fourth-order valence-corrected chi connectivity index (χ4v) is 4.97. The number of nitro groups is 2. The van der Waals surface area contributed by atoms with Crippen molar-refractivity contribution in [2.45, 2.75) is 20.4 Å². The van der Waals surface area contributed by atoms with Crippen molar-refractivity contribution in [2.75, 3.05) is 19.6 Å². The third-order valence-electron chi connectivity index (χ3n) is 6.97. The minimum atomic E-state index is -0.646. The zero-order chi connectivity index (χ0) is 27.1. The van der Waals surface area contributed by atoms with Crippen LogP contribution in [0.25, 0.3) is 33.0 Å². The molecule has 0 saturated heterocycles. The Balaban J connectivity index is 1.75. The number of nitrogens with one attached hydrogen (secondary N) is 2. The molecule has 0 spiro atoms. The van der Waals surface area contributed by atoms with Gasteiger partial charge < -0.3 is 14.5 Å². The van der Waals surface area contributed by atoms with E-state index in [4.69, 9.17) is 0 Å². The molecule has 5 rings (SSSR count). The van der Waals surface area contributed by atoms with Crippen LogP contribution in [0.4, 0.5) is 11.4 Å². The lowest BCUT2D eigenvalue weighted by molar-refractivity contribution is -0.384. The van der Waals surface area contributed by atoms with Crippen molar-refractivity contribution >= 4 is 56.1 Å². The number of H-pyrrole nitrogens is 1. The lowest BCUT2D eigenvalue weighted by Gasteiger charge is -2.18. The SMILES string of the molecule is CCN(CC)CCn1cc(C2=C(c3c[nH]c4ccc([N+](=O)[O-])cc34)C(=O)NC2=O)c2cc([N+](=O)[O-])ccc21. The van der Waals surface area contributed by atoms with Gasteiger partial charge in [0.25, 0.3) is 23.2 Å². The fraction of sp³-hybridized carbons (Fsp3) is 0.231. The van der Waals surface area contributed by atoms with Crippen molar-refractivity contribution in [2.24, 2.45) is 0 Å². The zero-order valence-electron chi connectivity index (χ0n) is 20.7. The molecule has 2 aromatic carbocycles. The lowest BCUT2D eigenvalue weighted by atomic mass is 9.95. The van der Waals surface area contributed by atoms with E-state index < -0.39 is 21.7 Å². The molecule has 0 atom stereocenters. The number of fused-ring (bicyclic) bond motifs is 2. The highest BCUT2D eigenvalue weighted by molar-refractivity contribution is 6.50. The van der Waals surface area contributed by atoms with E-state index in [9.17, 15) is 29.8 Å². The molecule has 0 saturated carbocycles. The number of imide groups is 1. The maximum atomic E-state index is 13.2. The van der Waals surface area contributed by atoms with E-state index in [0.717, 1.165) is 19.6 Å². The summed E-state index contributed by atoms with van der Waals surface area (Å²) in [5, 5.41) is 26.1. The van der Waals surface area contributed by atoms with E-state index in [0.29, 0.717) is 39.5 Å². The van der Waals surface area contributed by atoms with Crippen LogP contribution in [0.5, 0.6) is 0 Å². The van der Waals surface area contributed by atoms with E-state index in [-0.39, 0.29) is 22.5 Å². The largest absolute Gasteiger partial charge is 0.361 e. The van der Waals surface area contributed by atoms with Gasteiger partial charge in [0.1, 0.15) is 0 Å². The molecule has 0 fully saturated rings. The number of benzene rings is 2. The van der Waals surface area contributed by atoms with Gasteiger partial charge in [0, 0.05) is 82.7 Å². The molecule has 2 amide bonds. The number of amides is 2. The third-order valence-corrected chi connectivity index (χ3v) is 6.97. The molecule has 2 aromatic heterocycles. The van der Waals surface area contributed by atoms with Crippen LogP contribution in [0.15, 0.2) is 48.8 Å². The first-order chi connectivity index (χ1) is 18.2. The van der Waals surface area contributed by atoms with Crippen molar-refractivity contribution in [3.05, 3.63) is 80.1 Å². The Labute approximate surface area is 215 Å². The van der Waals surface area contributed by atoms with Gasteiger partial charge in [-0.05, 0) is 25.2 Å². The Kier molecular flexibility index (Phi) is 6.25. The van der Waals surface area contributed by atoms with E-state index in [2.05, 4.69) is 29.0 Å². The third kappa shape index (κ3) is 4.10. The highest BCUT2D eigenvalue weighted by Gasteiger charge is 2.35. The van der Waals surface area contributed by atoms with Gasteiger partial charge in [-0.1, -0.05) is 13.8 Å². The van der Waals surface area contributed by atoms with Gasteiger partial charge in [-0.25, -0.2) is 0 Å². The minimum Gasteiger partial charge on any atom is -0.361 e.